The van der Waals surface area contributed by atoms with Gasteiger partial charge in [-0.15, -0.1) is 0 Å². The second-order valence-electron chi connectivity index (χ2n) is 26.0. The molecule has 580 valence electrons. The van der Waals surface area contributed by atoms with Crippen LogP contribution in [-0.2, 0) is 106 Å². The molecule has 7 amide bonds. The van der Waals surface area contributed by atoms with Crippen LogP contribution in [0.15, 0.2) is 88.7 Å². The van der Waals surface area contributed by atoms with E-state index in [4.69, 9.17) is 44.1 Å². The topological polar surface area (TPSA) is 467 Å². The molecule has 0 spiro atoms. The molecule has 5 aliphatic heterocycles. The Labute approximate surface area is 638 Å². The van der Waals surface area contributed by atoms with Crippen molar-refractivity contribution in [2.24, 2.45) is 5.73 Å². The minimum atomic E-state index is -2.02. The number of carboxylic acid groups (broad SMARTS) is 2. The largest absolute Gasteiger partial charge is 0.509 e. The Kier molecular flexibility index (Phi) is 27.3. The van der Waals surface area contributed by atoms with E-state index in [0.717, 1.165) is 83.7 Å². The summed E-state index contributed by atoms with van der Waals surface area (Å²) in [5, 5.41) is 35.8. The molecule has 10 N–H and O–H groups in total. The van der Waals surface area contributed by atoms with Gasteiger partial charge in [0.05, 0.1) is 45.9 Å². The number of para-hydroxylation sites is 2. The summed E-state index contributed by atoms with van der Waals surface area (Å²) in [6.07, 6.45) is -2.92. The average molecular weight is 1580 g/mol. The Hall–Kier alpha value is -10.4. The number of benzene rings is 2. The average Bonchev–Trinajstić information content (AvgIpc) is 1.66. The Bertz CT molecular complexity index is 4580. The van der Waals surface area contributed by atoms with Gasteiger partial charge in [0, 0.05) is 96.8 Å². The first-order valence-electron chi connectivity index (χ1n) is 35.0. The molecule has 109 heavy (non-hydrogen) atoms. The van der Waals surface area contributed by atoms with Gasteiger partial charge in [0.1, 0.15) is 56.6 Å². The van der Waals surface area contributed by atoms with Crippen molar-refractivity contribution in [1.82, 2.24) is 51.3 Å². The van der Waals surface area contributed by atoms with E-state index in [1.165, 1.54) is 17.7 Å². The zero-order valence-electron chi connectivity index (χ0n) is 59.7. The fraction of sp³-hybridized carbons (Fsp3) is 0.444. The van der Waals surface area contributed by atoms with Gasteiger partial charge in [0.2, 0.25) is 52.6 Å². The number of hydrogen-bond donors (Lipinski definition) is 9. The van der Waals surface area contributed by atoms with Gasteiger partial charge in [-0.05, 0) is 92.5 Å². The molecule has 0 saturated heterocycles. The third-order valence-corrected chi connectivity index (χ3v) is 23.3. The van der Waals surface area contributed by atoms with Crippen LogP contribution in [0.3, 0.4) is 0 Å². The zero-order chi connectivity index (χ0) is 78.3. The zero-order valence-corrected chi connectivity index (χ0v) is 63.0. The Morgan fingerprint density at radius 3 is 1.69 bits per heavy atom. The van der Waals surface area contributed by atoms with Crippen LogP contribution in [0.25, 0.3) is 38.9 Å². The van der Waals surface area contributed by atoms with Crippen molar-refractivity contribution in [2.75, 3.05) is 55.9 Å². The number of rotatable bonds is 37. The summed E-state index contributed by atoms with van der Waals surface area (Å²) >= 11 is 0. The summed E-state index contributed by atoms with van der Waals surface area (Å²) in [6.45, 7) is 6.00. The Balaban J connectivity index is 0.719. The number of carbonyl (C=O) groups excluding carboxylic acids is 11. The number of esters is 2. The molecule has 0 saturated carbocycles. The van der Waals surface area contributed by atoms with E-state index >= 15 is 0 Å². The first-order valence-corrected chi connectivity index (χ1v) is 40.0. The van der Waals surface area contributed by atoms with Crippen molar-refractivity contribution in [3.63, 3.8) is 0 Å². The standard InChI is InChI=1S/C72H81N11O22S4/c1-5-71(46-29-55-59-42(27-40-13-7-9-15-48(40)77-59)31-82(55)32-44(46)34-102-67(71)96)104-69(98)100-23-26-107-109-37-54(76-39(4)85)65(94)80-51(63(92)81-52(19-21-58(88)89)64(93)79-50(61(73)90)18-20-57(86)87)17-11-12-22-74-62(91)53(75-38(3)84)36-108-106-25-24-101-70(99)105-72(6-2)47-30-56-60-43(28-41-14-8-10-16-49(41)78-60)33-83(56)66(95)45(47)35-103-68(72)97/h7-10,13-16,27-30,50-54H,5-6,11-12,17-26,31-37H2,1-4H3,(H2,73,90)(H,74,91)(H,75,84)(H,76,85)(H,79,93)(H,80,94)(H,81,92)(H,86,87)(H,88,89)/t50-,51-,52-,53+,54+,71+,72-/m0/s1. The van der Waals surface area contributed by atoms with E-state index in [1.54, 1.807) is 24.5 Å². The number of ether oxygens (including phenoxy) is 6. The molecule has 37 heteroatoms. The van der Waals surface area contributed by atoms with Crippen LogP contribution in [-0.4, -0.2) is 199 Å². The number of nitrogens with zero attached hydrogens (tertiary/aromatic N) is 4. The maximum Gasteiger partial charge on any atom is 0.509 e. The van der Waals surface area contributed by atoms with E-state index < -0.39 is 150 Å². The molecule has 0 unspecified atom stereocenters. The van der Waals surface area contributed by atoms with Crippen LogP contribution in [0.2, 0.25) is 0 Å². The summed E-state index contributed by atoms with van der Waals surface area (Å²) in [4.78, 5) is 196. The van der Waals surface area contributed by atoms with Gasteiger partial charge in [0.25, 0.3) is 5.56 Å². The molecular weight excluding hydrogens is 1500 g/mol. The van der Waals surface area contributed by atoms with Crippen LogP contribution >= 0.6 is 43.2 Å². The number of amides is 7. The van der Waals surface area contributed by atoms with Gasteiger partial charge in [-0.25, -0.2) is 29.1 Å². The number of carboxylic acids is 2. The van der Waals surface area contributed by atoms with Gasteiger partial charge in [-0.2, -0.15) is 0 Å². The fourth-order valence-corrected chi connectivity index (χ4v) is 17.1. The number of aromatic nitrogens is 3. The fourth-order valence-electron chi connectivity index (χ4n) is 13.1. The highest BCUT2D eigenvalue weighted by molar-refractivity contribution is 8.77. The number of pyridine rings is 3. The number of nitrogens with two attached hydrogens (primary N) is 1. The van der Waals surface area contributed by atoms with Gasteiger partial charge in [-0.3, -0.25) is 47.9 Å². The second kappa shape index (κ2) is 36.7. The minimum Gasteiger partial charge on any atom is -0.481 e. The molecule has 10 rings (SSSR count). The third kappa shape index (κ3) is 19.6. The molecule has 5 aliphatic rings. The van der Waals surface area contributed by atoms with Gasteiger partial charge >= 0.3 is 36.2 Å². The predicted molar refractivity (Wildman–Crippen MR) is 399 cm³/mol. The lowest BCUT2D eigenvalue weighted by molar-refractivity contribution is -0.175. The van der Waals surface area contributed by atoms with E-state index in [0.29, 0.717) is 35.6 Å². The normalized spacial score (nSPS) is 17.8. The van der Waals surface area contributed by atoms with Gasteiger partial charge in [0.15, 0.2) is 0 Å². The summed E-state index contributed by atoms with van der Waals surface area (Å²) in [5.74, 6) is -10.2. The molecule has 0 aliphatic carbocycles. The van der Waals surface area contributed by atoms with E-state index in [-0.39, 0.29) is 106 Å². The van der Waals surface area contributed by atoms with Crippen molar-refractivity contribution >= 4 is 148 Å². The van der Waals surface area contributed by atoms with Crippen LogP contribution in [0, 0.1) is 0 Å². The lowest BCUT2D eigenvalue weighted by Crippen LogP contribution is -2.58. The summed E-state index contributed by atoms with van der Waals surface area (Å²) < 4.78 is 35.1. The van der Waals surface area contributed by atoms with Crippen molar-refractivity contribution in [3.05, 3.63) is 122 Å². The molecule has 0 bridgehead atoms. The van der Waals surface area contributed by atoms with Crippen molar-refractivity contribution < 1.29 is 101 Å². The second-order valence-corrected chi connectivity index (χ2v) is 31.2. The van der Waals surface area contributed by atoms with E-state index in [9.17, 15) is 77.3 Å². The minimum absolute atomic E-state index is 0.00277. The molecule has 0 fully saturated rings. The number of fused-ring (bicyclic) bond motifs is 9. The Morgan fingerprint density at radius 2 is 1.11 bits per heavy atom. The SMILES string of the molecule is CC[C@]1(OC(=O)OCCSSC[C@@H](NC(C)=O)C(=O)N[C@@H](CCCCNC(=O)[C@@H](CSSCCOC(=O)O[C@]2(CC)C(=O)OCc3c2cc2n(c3=O)Cc3cc4ccccc4nc3-2)NC(C)=O)C(=O)N[C@@H](CCC(=O)O)C(=O)N[C@@H](CCC(=O)O)C(N)=O)C(=O)OCC2=C1C=C1c3nc4ccccc4cc3CN1C2. The van der Waals surface area contributed by atoms with Crippen molar-refractivity contribution in [2.45, 2.75) is 147 Å². The monoisotopic (exact) mass is 1580 g/mol. The maximum atomic E-state index is 14.3. The molecule has 0 radical (unpaired) electrons. The third-order valence-electron chi connectivity index (χ3n) is 18.6. The quantitative estimate of drug-likeness (QED) is 0.0112. The van der Waals surface area contributed by atoms with Crippen molar-refractivity contribution in [1.29, 1.82) is 0 Å². The molecule has 8 heterocycles. The van der Waals surface area contributed by atoms with E-state index in [1.807, 2.05) is 60.7 Å². The first-order chi connectivity index (χ1) is 52.2. The highest BCUT2D eigenvalue weighted by atomic mass is 33.1. The van der Waals surface area contributed by atoms with Crippen LogP contribution in [0.4, 0.5) is 9.59 Å². The number of aliphatic carboxylic acids is 2. The lowest BCUT2D eigenvalue weighted by atomic mass is 9.82. The number of cyclic esters (lactones) is 2. The molecule has 3 aromatic heterocycles. The maximum absolute atomic E-state index is 14.3. The number of hydrogen-bond acceptors (Lipinski definition) is 27. The predicted octanol–water partition coefficient (Wildman–Crippen LogP) is 4.54. The molecule has 5 aromatic rings. The van der Waals surface area contributed by atoms with E-state index in [2.05, 4.69) is 42.9 Å². The summed E-state index contributed by atoms with van der Waals surface area (Å²) in [5.41, 5.74) is 8.56. The summed E-state index contributed by atoms with van der Waals surface area (Å²) in [6, 6.07) is 13.7. The number of nitrogens with one attached hydrogen (secondary N) is 6. The molecule has 2 aromatic carbocycles. The molecular formula is C72H81N11O22S4. The van der Waals surface area contributed by atoms with Crippen molar-refractivity contribution in [3.8, 4) is 11.4 Å². The Morgan fingerprint density at radius 1 is 0.596 bits per heavy atom. The molecule has 33 nitrogen and oxygen atoms in total. The smallest absolute Gasteiger partial charge is 0.481 e. The molecule has 7 atom stereocenters. The highest BCUT2D eigenvalue weighted by Gasteiger charge is 2.53. The van der Waals surface area contributed by atoms with Gasteiger partial charge < -0.3 is 85.7 Å². The number of carbonyl (C=O) groups is 13. The highest BCUT2D eigenvalue weighted by Crippen LogP contribution is 2.45. The first kappa shape index (κ1) is 81.1. The summed E-state index contributed by atoms with van der Waals surface area (Å²) in [7, 11) is 4.53. The van der Waals surface area contributed by atoms with Crippen LogP contribution in [0.1, 0.15) is 113 Å². The number of primary amides is 1. The van der Waals surface area contributed by atoms with Gasteiger partial charge in [-0.1, -0.05) is 93.4 Å². The van der Waals surface area contributed by atoms with Crippen LogP contribution in [0.5, 0.6) is 0 Å². The van der Waals surface area contributed by atoms with Crippen LogP contribution < -0.4 is 43.2 Å². The number of unbranched alkanes of at least 4 members (excludes halogenated alkanes) is 1. The lowest BCUT2D eigenvalue weighted by Gasteiger charge is -2.39.